The maximum absolute atomic E-state index is 11.7. The lowest BCUT2D eigenvalue weighted by molar-refractivity contribution is -0.146. The van der Waals surface area contributed by atoms with Gasteiger partial charge >= 0.3 is 12.0 Å². The normalized spacial score (nSPS) is 11.9. The van der Waals surface area contributed by atoms with Crippen molar-refractivity contribution >= 4 is 44.5 Å². The molecule has 4 N–H and O–H groups in total. The van der Waals surface area contributed by atoms with E-state index in [2.05, 4.69) is 31.5 Å². The van der Waals surface area contributed by atoms with E-state index in [0.717, 1.165) is 9.86 Å². The molecule has 2 aromatic rings. The Morgan fingerprint density at radius 1 is 1.38 bits per heavy atom. The number of halogens is 1. The molecule has 0 saturated carbocycles. The van der Waals surface area contributed by atoms with Gasteiger partial charge in [0.15, 0.2) is 6.10 Å². The van der Waals surface area contributed by atoms with Gasteiger partial charge < -0.3 is 20.8 Å². The highest BCUT2D eigenvalue weighted by molar-refractivity contribution is 9.10. The number of nitrogens with zero attached hydrogens (tertiary/aromatic N) is 1. The first-order valence-electron chi connectivity index (χ1n) is 5.97. The summed E-state index contributed by atoms with van der Waals surface area (Å²) in [6, 6.07) is 6.53. The van der Waals surface area contributed by atoms with E-state index >= 15 is 0 Å². The summed E-state index contributed by atoms with van der Waals surface area (Å²) < 4.78 is 0.821. The minimum absolute atomic E-state index is 0.384. The third-order valence-electron chi connectivity index (χ3n) is 2.67. The second kappa shape index (κ2) is 6.51. The second-order valence-corrected chi connectivity index (χ2v) is 5.14. The van der Waals surface area contributed by atoms with Gasteiger partial charge in [0.2, 0.25) is 0 Å². The number of anilines is 1. The third kappa shape index (κ3) is 3.89. The smallest absolute Gasteiger partial charge is 0.334 e. The number of carbonyl (C=O) groups excluding carboxylic acids is 1. The van der Waals surface area contributed by atoms with Crippen LogP contribution < -0.4 is 10.6 Å². The van der Waals surface area contributed by atoms with Gasteiger partial charge in [0.25, 0.3) is 0 Å². The van der Waals surface area contributed by atoms with Gasteiger partial charge in [0.1, 0.15) is 0 Å². The number of nitrogens with one attached hydrogen (secondary N) is 2. The summed E-state index contributed by atoms with van der Waals surface area (Å²) in [5.74, 6) is -1.40. The molecule has 1 unspecified atom stereocenters. The Morgan fingerprint density at radius 3 is 2.86 bits per heavy atom. The van der Waals surface area contributed by atoms with Crippen molar-refractivity contribution in [3.05, 3.63) is 34.9 Å². The number of para-hydroxylation sites is 1. The van der Waals surface area contributed by atoms with Crippen molar-refractivity contribution in [2.24, 2.45) is 0 Å². The summed E-state index contributed by atoms with van der Waals surface area (Å²) in [5, 5.41) is 23.3. The van der Waals surface area contributed by atoms with E-state index in [1.54, 1.807) is 18.3 Å². The van der Waals surface area contributed by atoms with E-state index in [1.807, 2.05) is 12.1 Å². The standard InChI is InChI=1S/C13H12BrN3O4/c14-8-4-7-2-1-3-9(11(7)15-5-8)17-13(21)16-6-10(18)12(19)20/h1-5,10,18H,6H2,(H,19,20)(H2,16,17,21). The second-order valence-electron chi connectivity index (χ2n) is 4.22. The third-order valence-corrected chi connectivity index (χ3v) is 3.10. The van der Waals surface area contributed by atoms with Crippen molar-refractivity contribution in [3.63, 3.8) is 0 Å². The van der Waals surface area contributed by atoms with E-state index in [4.69, 9.17) is 10.2 Å². The number of benzene rings is 1. The quantitative estimate of drug-likeness (QED) is 0.666. The van der Waals surface area contributed by atoms with Crippen LogP contribution in [0, 0.1) is 0 Å². The van der Waals surface area contributed by atoms with Crippen LogP contribution in [0.4, 0.5) is 10.5 Å². The summed E-state index contributed by atoms with van der Waals surface area (Å²) in [4.78, 5) is 26.4. The molecule has 0 bridgehead atoms. The molecule has 110 valence electrons. The van der Waals surface area contributed by atoms with Crippen LogP contribution in [0.1, 0.15) is 0 Å². The molecular weight excluding hydrogens is 342 g/mol. The van der Waals surface area contributed by atoms with Gasteiger partial charge in [0.05, 0.1) is 17.7 Å². The maximum Gasteiger partial charge on any atom is 0.334 e. The van der Waals surface area contributed by atoms with Gasteiger partial charge in [-0.2, -0.15) is 0 Å². The lowest BCUT2D eigenvalue weighted by Crippen LogP contribution is -2.38. The first kappa shape index (κ1) is 15.2. The number of hydrogen-bond acceptors (Lipinski definition) is 4. The number of aliphatic carboxylic acids is 1. The number of aliphatic hydroxyl groups is 1. The van der Waals surface area contributed by atoms with Crippen LogP contribution >= 0.6 is 15.9 Å². The highest BCUT2D eigenvalue weighted by Crippen LogP contribution is 2.23. The lowest BCUT2D eigenvalue weighted by atomic mass is 10.2. The van der Waals surface area contributed by atoms with E-state index < -0.39 is 18.1 Å². The van der Waals surface area contributed by atoms with E-state index in [-0.39, 0.29) is 6.54 Å². The number of carbonyl (C=O) groups is 2. The lowest BCUT2D eigenvalue weighted by Gasteiger charge is -2.11. The average Bonchev–Trinajstić information content (AvgIpc) is 2.44. The van der Waals surface area contributed by atoms with Crippen LogP contribution in [-0.4, -0.2) is 39.8 Å². The first-order valence-corrected chi connectivity index (χ1v) is 6.76. The van der Waals surface area contributed by atoms with Crippen LogP contribution in [0.5, 0.6) is 0 Å². The summed E-state index contributed by atoms with van der Waals surface area (Å²) in [6.45, 7) is -0.384. The minimum atomic E-state index is -1.64. The number of urea groups is 1. The number of hydrogen-bond donors (Lipinski definition) is 4. The SMILES string of the molecule is O=C(NCC(O)C(=O)O)Nc1cccc2cc(Br)cnc12. The van der Waals surface area contributed by atoms with Crippen molar-refractivity contribution in [1.82, 2.24) is 10.3 Å². The maximum atomic E-state index is 11.7. The number of rotatable bonds is 4. The van der Waals surface area contributed by atoms with Crippen molar-refractivity contribution < 1.29 is 19.8 Å². The van der Waals surface area contributed by atoms with Crippen molar-refractivity contribution in [2.45, 2.75) is 6.10 Å². The minimum Gasteiger partial charge on any atom is -0.479 e. The highest BCUT2D eigenvalue weighted by atomic mass is 79.9. The topological polar surface area (TPSA) is 112 Å². The fourth-order valence-corrected chi connectivity index (χ4v) is 2.03. The van der Waals surface area contributed by atoms with Crippen LogP contribution in [0.25, 0.3) is 10.9 Å². The molecule has 0 aliphatic heterocycles. The number of pyridine rings is 1. The Balaban J connectivity index is 2.09. The van der Waals surface area contributed by atoms with Gasteiger partial charge in [-0.3, -0.25) is 4.98 Å². The molecule has 0 fully saturated rings. The average molecular weight is 354 g/mol. The van der Waals surface area contributed by atoms with Crippen molar-refractivity contribution in [3.8, 4) is 0 Å². The number of carboxylic acids is 1. The zero-order chi connectivity index (χ0) is 15.4. The molecule has 8 heteroatoms. The molecule has 1 aromatic heterocycles. The van der Waals surface area contributed by atoms with Crippen LogP contribution in [0.15, 0.2) is 34.9 Å². The fourth-order valence-electron chi connectivity index (χ4n) is 1.68. The van der Waals surface area contributed by atoms with Gasteiger partial charge in [-0.15, -0.1) is 0 Å². The highest BCUT2D eigenvalue weighted by Gasteiger charge is 2.14. The number of fused-ring (bicyclic) bond motifs is 1. The molecule has 21 heavy (non-hydrogen) atoms. The molecule has 2 rings (SSSR count). The number of aromatic nitrogens is 1. The molecule has 0 spiro atoms. The molecule has 0 radical (unpaired) electrons. The fraction of sp³-hybridized carbons (Fsp3) is 0.154. The molecule has 1 heterocycles. The Kier molecular flexibility index (Phi) is 4.71. The van der Waals surface area contributed by atoms with E-state index in [9.17, 15) is 9.59 Å². The molecule has 0 aliphatic rings. The number of aliphatic hydroxyl groups excluding tert-OH is 1. The Hall–Kier alpha value is -2.19. The summed E-state index contributed by atoms with van der Waals surface area (Å²) in [5.41, 5.74) is 1.09. The van der Waals surface area contributed by atoms with Gasteiger partial charge in [-0.25, -0.2) is 9.59 Å². The monoisotopic (exact) mass is 353 g/mol. The number of amides is 2. The Bertz CT molecular complexity index is 692. The molecule has 7 nitrogen and oxygen atoms in total. The van der Waals surface area contributed by atoms with E-state index in [1.165, 1.54) is 0 Å². The summed E-state index contributed by atoms with van der Waals surface area (Å²) >= 11 is 3.32. The predicted octanol–water partition coefficient (Wildman–Crippen LogP) is 1.56. The Labute approximate surface area is 128 Å². The zero-order valence-electron chi connectivity index (χ0n) is 10.7. The largest absolute Gasteiger partial charge is 0.479 e. The number of carboxylic acid groups (broad SMARTS) is 1. The molecule has 1 atom stereocenters. The molecule has 0 aliphatic carbocycles. The first-order chi connectivity index (χ1) is 9.97. The Morgan fingerprint density at radius 2 is 2.14 bits per heavy atom. The van der Waals surface area contributed by atoms with Crippen molar-refractivity contribution in [1.29, 1.82) is 0 Å². The zero-order valence-corrected chi connectivity index (χ0v) is 12.3. The molecule has 1 aromatic carbocycles. The van der Waals surface area contributed by atoms with Gasteiger partial charge in [-0.1, -0.05) is 12.1 Å². The summed E-state index contributed by atoms with van der Waals surface area (Å²) in [6.07, 6.45) is -0.0306. The predicted molar refractivity (Wildman–Crippen MR) is 80.1 cm³/mol. The van der Waals surface area contributed by atoms with Crippen LogP contribution in [-0.2, 0) is 4.79 Å². The van der Waals surface area contributed by atoms with E-state index in [0.29, 0.717) is 11.2 Å². The molecule has 2 amide bonds. The summed E-state index contributed by atoms with van der Waals surface area (Å²) in [7, 11) is 0. The molecular formula is C13H12BrN3O4. The van der Waals surface area contributed by atoms with Crippen LogP contribution in [0.3, 0.4) is 0 Å². The van der Waals surface area contributed by atoms with Crippen LogP contribution in [0.2, 0.25) is 0 Å². The van der Waals surface area contributed by atoms with Gasteiger partial charge in [0, 0.05) is 16.1 Å². The molecule has 0 saturated heterocycles. The van der Waals surface area contributed by atoms with Gasteiger partial charge in [-0.05, 0) is 28.1 Å². The van der Waals surface area contributed by atoms with Crippen molar-refractivity contribution in [2.75, 3.05) is 11.9 Å².